The summed E-state index contributed by atoms with van der Waals surface area (Å²) < 4.78 is 10.7. The summed E-state index contributed by atoms with van der Waals surface area (Å²) in [6.07, 6.45) is -0.448. The maximum absolute atomic E-state index is 11.6. The largest absolute Gasteiger partial charge is 0.475 e. The smallest absolute Gasteiger partial charge is 0.407 e. The average molecular weight is 295 g/mol. The molecule has 1 aromatic rings. The molecule has 3 N–H and O–H groups in total. The van der Waals surface area contributed by atoms with Gasteiger partial charge in [0.2, 0.25) is 5.88 Å². The molecular weight excluding hydrogens is 270 g/mol. The van der Waals surface area contributed by atoms with Gasteiger partial charge in [0.05, 0.1) is 17.8 Å². The molecule has 21 heavy (non-hydrogen) atoms. The van der Waals surface area contributed by atoms with Gasteiger partial charge in [-0.25, -0.2) is 9.78 Å². The zero-order valence-electron chi connectivity index (χ0n) is 13.3. The van der Waals surface area contributed by atoms with Gasteiger partial charge in [0.25, 0.3) is 0 Å². The number of nitrogens with two attached hydrogens (primary N) is 1. The Kier molecular flexibility index (Phi) is 5.96. The van der Waals surface area contributed by atoms with Crippen LogP contribution in [-0.4, -0.2) is 29.3 Å². The van der Waals surface area contributed by atoms with Gasteiger partial charge in [-0.05, 0) is 40.7 Å². The fourth-order valence-corrected chi connectivity index (χ4v) is 1.56. The minimum absolute atomic E-state index is 0.0452. The highest BCUT2D eigenvalue weighted by Crippen LogP contribution is 2.14. The molecule has 0 aliphatic rings. The van der Waals surface area contributed by atoms with Gasteiger partial charge < -0.3 is 20.5 Å². The van der Waals surface area contributed by atoms with E-state index in [1.54, 1.807) is 32.9 Å². The molecule has 1 atom stereocenters. The highest BCUT2D eigenvalue weighted by atomic mass is 16.6. The van der Waals surface area contributed by atoms with E-state index < -0.39 is 17.7 Å². The van der Waals surface area contributed by atoms with Crippen molar-refractivity contribution in [3.8, 4) is 5.88 Å². The Bertz CT molecular complexity index is 469. The number of pyridine rings is 1. The van der Waals surface area contributed by atoms with Gasteiger partial charge in [-0.15, -0.1) is 0 Å². The van der Waals surface area contributed by atoms with Gasteiger partial charge >= 0.3 is 6.09 Å². The van der Waals surface area contributed by atoms with E-state index in [9.17, 15) is 4.79 Å². The number of hydrogen-bond donors (Lipinski definition) is 2. The van der Waals surface area contributed by atoms with Crippen molar-refractivity contribution in [1.29, 1.82) is 0 Å². The molecule has 6 nitrogen and oxygen atoms in total. The van der Waals surface area contributed by atoms with Crippen LogP contribution in [0, 0.1) is 0 Å². The Labute approximate surface area is 126 Å². The van der Waals surface area contributed by atoms with E-state index in [2.05, 4.69) is 10.3 Å². The zero-order chi connectivity index (χ0) is 16.0. The molecule has 0 saturated heterocycles. The van der Waals surface area contributed by atoms with Crippen molar-refractivity contribution < 1.29 is 14.3 Å². The predicted octanol–water partition coefficient (Wildman–Crippen LogP) is 2.39. The quantitative estimate of drug-likeness (QED) is 0.871. The third-order valence-electron chi connectivity index (χ3n) is 2.35. The van der Waals surface area contributed by atoms with Crippen LogP contribution in [0.5, 0.6) is 5.88 Å². The number of hydrogen-bond acceptors (Lipinski definition) is 5. The molecule has 118 valence electrons. The van der Waals surface area contributed by atoms with Gasteiger partial charge in [-0.2, -0.15) is 0 Å². The summed E-state index contributed by atoms with van der Waals surface area (Å²) >= 11 is 0. The summed E-state index contributed by atoms with van der Waals surface area (Å²) in [7, 11) is 0. The maximum Gasteiger partial charge on any atom is 0.407 e. The minimum Gasteiger partial charge on any atom is -0.475 e. The minimum atomic E-state index is -0.530. The second-order valence-corrected chi connectivity index (χ2v) is 6.06. The molecule has 0 bridgehead atoms. The van der Waals surface area contributed by atoms with Crippen LogP contribution in [0.2, 0.25) is 0 Å². The van der Waals surface area contributed by atoms with E-state index >= 15 is 0 Å². The third-order valence-corrected chi connectivity index (χ3v) is 2.35. The molecule has 0 saturated carbocycles. The highest BCUT2D eigenvalue weighted by Gasteiger charge is 2.17. The van der Waals surface area contributed by atoms with Crippen LogP contribution in [0.15, 0.2) is 18.2 Å². The Morgan fingerprint density at radius 2 is 2.05 bits per heavy atom. The lowest BCUT2D eigenvalue weighted by Crippen LogP contribution is -2.36. The Hall–Kier alpha value is -1.82. The van der Waals surface area contributed by atoms with E-state index in [0.717, 1.165) is 0 Å². The molecule has 1 heterocycles. The van der Waals surface area contributed by atoms with Gasteiger partial charge in [0, 0.05) is 12.6 Å². The summed E-state index contributed by atoms with van der Waals surface area (Å²) in [5.74, 6) is 0.523. The first-order chi connectivity index (χ1) is 9.67. The number of carbonyl (C=O) groups is 1. The molecule has 0 spiro atoms. The average Bonchev–Trinajstić information content (AvgIpc) is 2.33. The van der Waals surface area contributed by atoms with Gasteiger partial charge in [-0.1, -0.05) is 6.07 Å². The van der Waals surface area contributed by atoms with Crippen LogP contribution in [0.3, 0.4) is 0 Å². The first-order valence-electron chi connectivity index (χ1n) is 7.03. The van der Waals surface area contributed by atoms with Crippen LogP contribution < -0.4 is 15.8 Å². The van der Waals surface area contributed by atoms with E-state index in [4.69, 9.17) is 15.2 Å². The molecular formula is C15H25N3O3. The van der Waals surface area contributed by atoms with Crippen LogP contribution in [0.25, 0.3) is 0 Å². The van der Waals surface area contributed by atoms with Crippen molar-refractivity contribution >= 4 is 6.09 Å². The number of ether oxygens (including phenoxy) is 2. The van der Waals surface area contributed by atoms with Crippen LogP contribution in [-0.2, 0) is 4.74 Å². The van der Waals surface area contributed by atoms with Crippen molar-refractivity contribution in [3.05, 3.63) is 23.9 Å². The molecule has 1 aromatic heterocycles. The van der Waals surface area contributed by atoms with E-state index in [1.165, 1.54) is 0 Å². The van der Waals surface area contributed by atoms with Crippen molar-refractivity contribution in [2.75, 3.05) is 6.54 Å². The SMILES string of the molecule is CC(C)Oc1cccc(C(N)CNC(=O)OC(C)(C)C)n1. The summed E-state index contributed by atoms with van der Waals surface area (Å²) in [6, 6.07) is 4.98. The van der Waals surface area contributed by atoms with Crippen molar-refractivity contribution in [2.24, 2.45) is 5.73 Å². The number of amides is 1. The van der Waals surface area contributed by atoms with Crippen molar-refractivity contribution in [1.82, 2.24) is 10.3 Å². The Morgan fingerprint density at radius 3 is 2.62 bits per heavy atom. The fraction of sp³-hybridized carbons (Fsp3) is 0.600. The van der Waals surface area contributed by atoms with Gasteiger partial charge in [-0.3, -0.25) is 0 Å². The normalized spacial score (nSPS) is 12.9. The number of nitrogens with zero attached hydrogens (tertiary/aromatic N) is 1. The number of rotatable bonds is 5. The molecule has 0 aromatic carbocycles. The van der Waals surface area contributed by atoms with Crippen LogP contribution in [0.1, 0.15) is 46.4 Å². The molecule has 1 unspecified atom stereocenters. The van der Waals surface area contributed by atoms with Gasteiger partial charge in [0.15, 0.2) is 0 Å². The maximum atomic E-state index is 11.6. The van der Waals surface area contributed by atoms with Crippen LogP contribution >= 0.6 is 0 Å². The van der Waals surface area contributed by atoms with Crippen molar-refractivity contribution in [3.63, 3.8) is 0 Å². The van der Waals surface area contributed by atoms with Crippen molar-refractivity contribution in [2.45, 2.75) is 52.4 Å². The first-order valence-corrected chi connectivity index (χ1v) is 7.03. The third kappa shape index (κ3) is 6.94. The molecule has 0 radical (unpaired) electrons. The fourth-order valence-electron chi connectivity index (χ4n) is 1.56. The number of alkyl carbamates (subject to hydrolysis) is 1. The lowest BCUT2D eigenvalue weighted by Gasteiger charge is -2.20. The monoisotopic (exact) mass is 295 g/mol. The topological polar surface area (TPSA) is 86.5 Å². The molecule has 6 heteroatoms. The molecule has 0 fully saturated rings. The van der Waals surface area contributed by atoms with E-state index in [1.807, 2.05) is 19.9 Å². The summed E-state index contributed by atoms with van der Waals surface area (Å²) in [5.41, 5.74) is 6.14. The zero-order valence-corrected chi connectivity index (χ0v) is 13.3. The number of nitrogens with one attached hydrogen (secondary N) is 1. The predicted molar refractivity (Wildman–Crippen MR) is 81.2 cm³/mol. The molecule has 1 rings (SSSR count). The summed E-state index contributed by atoms with van der Waals surface area (Å²) in [6.45, 7) is 9.52. The lowest BCUT2D eigenvalue weighted by atomic mass is 10.2. The Balaban J connectivity index is 2.55. The standard InChI is InChI=1S/C15H25N3O3/c1-10(2)20-13-8-6-7-12(18-13)11(16)9-17-14(19)21-15(3,4)5/h6-8,10-11H,9,16H2,1-5H3,(H,17,19). The molecule has 0 aliphatic heterocycles. The second-order valence-electron chi connectivity index (χ2n) is 6.06. The summed E-state index contributed by atoms with van der Waals surface area (Å²) in [5, 5.41) is 2.63. The van der Waals surface area contributed by atoms with Gasteiger partial charge in [0.1, 0.15) is 5.60 Å². The van der Waals surface area contributed by atoms with E-state index in [-0.39, 0.29) is 12.6 Å². The number of aromatic nitrogens is 1. The Morgan fingerprint density at radius 1 is 1.38 bits per heavy atom. The van der Waals surface area contributed by atoms with E-state index in [0.29, 0.717) is 11.6 Å². The molecule has 1 amide bonds. The van der Waals surface area contributed by atoms with Crippen LogP contribution in [0.4, 0.5) is 4.79 Å². The number of carbonyl (C=O) groups excluding carboxylic acids is 1. The second kappa shape index (κ2) is 7.26. The summed E-state index contributed by atoms with van der Waals surface area (Å²) in [4.78, 5) is 15.9. The first kappa shape index (κ1) is 17.2. The lowest BCUT2D eigenvalue weighted by molar-refractivity contribution is 0.0524. The highest BCUT2D eigenvalue weighted by molar-refractivity contribution is 5.67. The molecule has 0 aliphatic carbocycles.